The normalized spacial score (nSPS) is 14.2. The number of nitrogens with zero attached hydrogens (tertiary/aromatic N) is 5. The van der Waals surface area contributed by atoms with E-state index in [9.17, 15) is 4.79 Å². The Bertz CT molecular complexity index is 1050. The van der Waals surface area contributed by atoms with E-state index in [-0.39, 0.29) is 5.91 Å². The van der Waals surface area contributed by atoms with Gasteiger partial charge in [-0.25, -0.2) is 0 Å². The van der Waals surface area contributed by atoms with Crippen molar-refractivity contribution in [2.24, 2.45) is 0 Å². The van der Waals surface area contributed by atoms with Crippen molar-refractivity contribution in [3.63, 3.8) is 0 Å². The van der Waals surface area contributed by atoms with Crippen LogP contribution in [0.4, 0.5) is 0 Å². The van der Waals surface area contributed by atoms with E-state index in [0.717, 1.165) is 49.5 Å². The van der Waals surface area contributed by atoms with Crippen LogP contribution in [-0.4, -0.2) is 70.5 Å². The summed E-state index contributed by atoms with van der Waals surface area (Å²) < 4.78 is 11.4. The molecule has 1 N–H and O–H groups in total. The average molecular weight is 479 g/mol. The number of nitrogens with one attached hydrogen (secondary N) is 1. The Morgan fingerprint density at radius 3 is 2.83 bits per heavy atom. The summed E-state index contributed by atoms with van der Waals surface area (Å²) in [5.74, 6) is 1.41. The Morgan fingerprint density at radius 1 is 1.17 bits per heavy atom. The van der Waals surface area contributed by atoms with E-state index >= 15 is 0 Å². The molecule has 1 aliphatic heterocycles. The van der Waals surface area contributed by atoms with Gasteiger partial charge in [-0.3, -0.25) is 9.69 Å². The van der Waals surface area contributed by atoms with Crippen molar-refractivity contribution in [1.29, 1.82) is 0 Å². The predicted molar refractivity (Wildman–Crippen MR) is 133 cm³/mol. The number of hydrogen-bond acceptors (Lipinski definition) is 7. The number of benzene rings is 2. The Morgan fingerprint density at radius 2 is 2.00 bits per heavy atom. The van der Waals surface area contributed by atoms with Crippen molar-refractivity contribution < 1.29 is 14.3 Å². The van der Waals surface area contributed by atoms with Crippen LogP contribution in [-0.2, 0) is 22.6 Å². The first-order valence-corrected chi connectivity index (χ1v) is 12.3. The second kappa shape index (κ2) is 13.0. The standard InChI is InChI=1S/C26H34N6O3/c1-31(23-12-16-34-17-13-23)15-18-35-24-10-5-7-21(19-24)20-27-25(33)11-6-14-32-29-26(28-30-32)22-8-3-2-4-9-22/h2-5,7-10,19,23H,6,11-18,20H2,1H3,(H,27,33). The summed E-state index contributed by atoms with van der Waals surface area (Å²) >= 11 is 0. The average Bonchev–Trinajstić information content (AvgIpc) is 3.38. The lowest BCUT2D eigenvalue weighted by molar-refractivity contribution is -0.121. The Kier molecular flexibility index (Phi) is 9.19. The Hall–Kier alpha value is -3.30. The summed E-state index contributed by atoms with van der Waals surface area (Å²) in [6.45, 7) is 4.20. The van der Waals surface area contributed by atoms with Gasteiger partial charge >= 0.3 is 0 Å². The highest BCUT2D eigenvalue weighted by Gasteiger charge is 2.18. The third kappa shape index (κ3) is 7.87. The highest BCUT2D eigenvalue weighted by Crippen LogP contribution is 2.15. The van der Waals surface area contributed by atoms with Gasteiger partial charge in [-0.1, -0.05) is 42.5 Å². The molecule has 1 aliphatic rings. The van der Waals surface area contributed by atoms with Gasteiger partial charge in [0, 0.05) is 44.3 Å². The molecule has 4 rings (SSSR count). The van der Waals surface area contributed by atoms with E-state index in [1.165, 1.54) is 4.80 Å². The van der Waals surface area contributed by atoms with Crippen LogP contribution in [0.1, 0.15) is 31.2 Å². The van der Waals surface area contributed by atoms with Gasteiger partial charge in [0.2, 0.25) is 11.7 Å². The molecule has 9 heteroatoms. The minimum Gasteiger partial charge on any atom is -0.492 e. The van der Waals surface area contributed by atoms with Crippen LogP contribution in [0.2, 0.25) is 0 Å². The van der Waals surface area contributed by atoms with E-state index in [4.69, 9.17) is 9.47 Å². The first-order chi connectivity index (χ1) is 17.2. The molecular formula is C26H34N6O3. The molecular weight excluding hydrogens is 444 g/mol. The van der Waals surface area contributed by atoms with Gasteiger partial charge in [-0.15, -0.1) is 10.2 Å². The first-order valence-electron chi connectivity index (χ1n) is 12.3. The fraction of sp³-hybridized carbons (Fsp3) is 0.462. The number of aryl methyl sites for hydroxylation is 1. The summed E-state index contributed by atoms with van der Waals surface area (Å²) in [6.07, 6.45) is 3.20. The molecule has 0 aliphatic carbocycles. The van der Waals surface area contributed by atoms with Gasteiger partial charge in [0.1, 0.15) is 12.4 Å². The number of carbonyl (C=O) groups is 1. The maximum Gasteiger partial charge on any atom is 0.220 e. The summed E-state index contributed by atoms with van der Waals surface area (Å²) in [4.78, 5) is 16.2. The van der Waals surface area contributed by atoms with Crippen LogP contribution in [0, 0.1) is 0 Å². The lowest BCUT2D eigenvalue weighted by Crippen LogP contribution is -2.38. The molecule has 0 spiro atoms. The lowest BCUT2D eigenvalue weighted by atomic mass is 10.1. The molecule has 186 valence electrons. The molecule has 2 heterocycles. The molecule has 1 fully saturated rings. The molecule has 1 aromatic heterocycles. The zero-order valence-corrected chi connectivity index (χ0v) is 20.3. The fourth-order valence-electron chi connectivity index (χ4n) is 4.07. The first kappa shape index (κ1) is 24.8. The van der Waals surface area contributed by atoms with E-state index in [1.54, 1.807) is 0 Å². The van der Waals surface area contributed by atoms with E-state index in [1.807, 2.05) is 54.6 Å². The maximum atomic E-state index is 12.3. The molecule has 0 saturated carbocycles. The monoisotopic (exact) mass is 478 g/mol. The van der Waals surface area contributed by atoms with Crippen molar-refractivity contribution >= 4 is 5.91 Å². The van der Waals surface area contributed by atoms with Crippen molar-refractivity contribution in [2.75, 3.05) is 33.4 Å². The largest absolute Gasteiger partial charge is 0.492 e. The highest BCUT2D eigenvalue weighted by molar-refractivity contribution is 5.75. The second-order valence-electron chi connectivity index (χ2n) is 8.78. The van der Waals surface area contributed by atoms with Crippen LogP contribution in [0.25, 0.3) is 11.4 Å². The number of hydrogen-bond donors (Lipinski definition) is 1. The number of rotatable bonds is 12. The molecule has 3 aromatic rings. The molecule has 0 radical (unpaired) electrons. The van der Waals surface area contributed by atoms with Gasteiger partial charge in [0.05, 0.1) is 6.54 Å². The molecule has 1 amide bonds. The third-order valence-electron chi connectivity index (χ3n) is 6.16. The summed E-state index contributed by atoms with van der Waals surface area (Å²) in [5, 5.41) is 15.5. The highest BCUT2D eigenvalue weighted by atomic mass is 16.5. The number of carbonyl (C=O) groups excluding carboxylic acids is 1. The Balaban J connectivity index is 1.13. The number of ether oxygens (including phenoxy) is 2. The predicted octanol–water partition coefficient (Wildman–Crippen LogP) is 2.93. The van der Waals surface area contributed by atoms with Crippen molar-refractivity contribution in [3.05, 3.63) is 60.2 Å². The number of tetrazole rings is 1. The smallest absolute Gasteiger partial charge is 0.220 e. The van der Waals surface area contributed by atoms with E-state index < -0.39 is 0 Å². The van der Waals surface area contributed by atoms with Gasteiger partial charge in [-0.2, -0.15) is 4.80 Å². The number of likely N-dealkylation sites (N-methyl/N-ethyl adjacent to an activating group) is 1. The minimum absolute atomic E-state index is 0.00203. The molecule has 1 saturated heterocycles. The third-order valence-corrected chi connectivity index (χ3v) is 6.16. The lowest BCUT2D eigenvalue weighted by Gasteiger charge is -2.31. The molecule has 9 nitrogen and oxygen atoms in total. The topological polar surface area (TPSA) is 94.4 Å². The zero-order chi connectivity index (χ0) is 24.3. The van der Waals surface area contributed by atoms with Gasteiger partial charge in [0.15, 0.2) is 0 Å². The minimum atomic E-state index is -0.00203. The summed E-state index contributed by atoms with van der Waals surface area (Å²) in [7, 11) is 2.15. The van der Waals surface area contributed by atoms with Gasteiger partial charge in [-0.05, 0) is 49.2 Å². The second-order valence-corrected chi connectivity index (χ2v) is 8.78. The number of amides is 1. The molecule has 0 bridgehead atoms. The fourth-order valence-corrected chi connectivity index (χ4v) is 4.07. The molecule has 0 unspecified atom stereocenters. The zero-order valence-electron chi connectivity index (χ0n) is 20.3. The van der Waals surface area contributed by atoms with E-state index in [2.05, 4.69) is 32.7 Å². The van der Waals surface area contributed by atoms with Crippen LogP contribution >= 0.6 is 0 Å². The van der Waals surface area contributed by atoms with Crippen LogP contribution in [0.5, 0.6) is 5.75 Å². The van der Waals surface area contributed by atoms with Crippen molar-refractivity contribution in [2.45, 2.75) is 44.8 Å². The van der Waals surface area contributed by atoms with Gasteiger partial charge < -0.3 is 14.8 Å². The van der Waals surface area contributed by atoms with Crippen molar-refractivity contribution in [1.82, 2.24) is 30.4 Å². The van der Waals surface area contributed by atoms with Crippen LogP contribution in [0.3, 0.4) is 0 Å². The number of aromatic nitrogens is 4. The van der Waals surface area contributed by atoms with Crippen LogP contribution in [0.15, 0.2) is 54.6 Å². The quantitative estimate of drug-likeness (QED) is 0.428. The Labute approximate surface area is 206 Å². The van der Waals surface area contributed by atoms with Crippen molar-refractivity contribution in [3.8, 4) is 17.1 Å². The SMILES string of the molecule is CN(CCOc1cccc(CNC(=O)CCCn2nnc(-c3ccccc3)n2)c1)C1CCOCC1. The maximum absolute atomic E-state index is 12.3. The van der Waals surface area contributed by atoms with Gasteiger partial charge in [0.25, 0.3) is 0 Å². The van der Waals surface area contributed by atoms with E-state index in [0.29, 0.717) is 44.4 Å². The molecule has 0 atom stereocenters. The molecule has 35 heavy (non-hydrogen) atoms. The molecule has 2 aromatic carbocycles. The van der Waals surface area contributed by atoms with Crippen LogP contribution < -0.4 is 10.1 Å². The summed E-state index contributed by atoms with van der Waals surface area (Å²) in [6, 6.07) is 18.2. The summed E-state index contributed by atoms with van der Waals surface area (Å²) in [5.41, 5.74) is 1.94.